The molecule has 1 spiro atoms. The van der Waals surface area contributed by atoms with Crippen LogP contribution in [0.25, 0.3) is 0 Å². The zero-order chi connectivity index (χ0) is 20.3. The Morgan fingerprint density at radius 3 is 2.79 bits per heavy atom. The maximum absolute atomic E-state index is 12.6. The average molecular weight is 385 g/mol. The predicted octanol–water partition coefficient (Wildman–Crippen LogP) is 5.01. The molecule has 154 valence electrons. The first-order valence-corrected chi connectivity index (χ1v) is 11.0. The van der Waals surface area contributed by atoms with Gasteiger partial charge in [-0.25, -0.2) is 0 Å². The van der Waals surface area contributed by atoms with Crippen molar-refractivity contribution in [1.29, 1.82) is 0 Å². The third-order valence-corrected chi connectivity index (χ3v) is 8.38. The summed E-state index contributed by atoms with van der Waals surface area (Å²) in [6.07, 6.45) is 11.8. The lowest BCUT2D eigenvalue weighted by Gasteiger charge is -2.44. The van der Waals surface area contributed by atoms with Gasteiger partial charge in [-0.05, 0) is 87.7 Å². The standard InChI is InChI=1S/C25H36O3/c1-15(2)10-19-12-17(4)25(28-19)9-8-24(5)13-20-16(3)11-21(27)23(20)18(14-26)6-7-22(24)25/h6,10-11,17,19-20,22-23,26H,7-9,12-14H2,1-5H3/b18-6-/t17-,19-,20+,22+,23+,24+,25-/m0/s1. The molecule has 7 atom stereocenters. The minimum Gasteiger partial charge on any atom is -0.392 e. The van der Waals surface area contributed by atoms with E-state index in [0.29, 0.717) is 11.8 Å². The Bertz CT molecular complexity index is 756. The van der Waals surface area contributed by atoms with Crippen LogP contribution in [0, 0.1) is 29.1 Å². The molecule has 1 saturated carbocycles. The molecule has 1 aliphatic heterocycles. The monoisotopic (exact) mass is 384 g/mol. The maximum Gasteiger partial charge on any atom is 0.163 e. The van der Waals surface area contributed by atoms with Gasteiger partial charge in [0.1, 0.15) is 0 Å². The molecular weight excluding hydrogens is 348 g/mol. The fourth-order valence-electron chi connectivity index (χ4n) is 7.01. The number of ether oxygens (including phenoxy) is 1. The molecule has 0 bridgehead atoms. The molecule has 3 heteroatoms. The first-order chi connectivity index (χ1) is 13.2. The molecule has 4 aliphatic rings. The van der Waals surface area contributed by atoms with E-state index >= 15 is 0 Å². The fourth-order valence-corrected chi connectivity index (χ4v) is 7.01. The van der Waals surface area contributed by atoms with Crippen molar-refractivity contribution >= 4 is 5.78 Å². The van der Waals surface area contributed by atoms with Crippen LogP contribution in [0.5, 0.6) is 0 Å². The number of hydrogen-bond acceptors (Lipinski definition) is 3. The van der Waals surface area contributed by atoms with E-state index in [0.717, 1.165) is 37.7 Å². The van der Waals surface area contributed by atoms with E-state index in [4.69, 9.17) is 4.74 Å². The summed E-state index contributed by atoms with van der Waals surface area (Å²) in [5.74, 6) is 1.25. The van der Waals surface area contributed by atoms with E-state index in [2.05, 4.69) is 46.8 Å². The number of fused-ring (bicyclic) bond motifs is 3. The van der Waals surface area contributed by atoms with Crippen molar-refractivity contribution in [3.8, 4) is 0 Å². The Hall–Kier alpha value is -1.19. The van der Waals surface area contributed by atoms with Gasteiger partial charge in [-0.15, -0.1) is 0 Å². The molecule has 1 saturated heterocycles. The molecule has 0 aromatic carbocycles. The maximum atomic E-state index is 12.6. The van der Waals surface area contributed by atoms with Gasteiger partial charge in [0.2, 0.25) is 0 Å². The quantitative estimate of drug-likeness (QED) is 0.681. The van der Waals surface area contributed by atoms with Crippen LogP contribution in [0.3, 0.4) is 0 Å². The van der Waals surface area contributed by atoms with Gasteiger partial charge in [-0.3, -0.25) is 4.79 Å². The molecule has 0 unspecified atom stereocenters. The van der Waals surface area contributed by atoms with Crippen LogP contribution in [-0.2, 0) is 9.53 Å². The van der Waals surface area contributed by atoms with Gasteiger partial charge in [0, 0.05) is 0 Å². The van der Waals surface area contributed by atoms with Gasteiger partial charge in [0.25, 0.3) is 0 Å². The van der Waals surface area contributed by atoms with E-state index in [9.17, 15) is 9.90 Å². The zero-order valence-electron chi connectivity index (χ0n) is 18.1. The van der Waals surface area contributed by atoms with Crippen LogP contribution in [0.4, 0.5) is 0 Å². The van der Waals surface area contributed by atoms with Crippen LogP contribution >= 0.6 is 0 Å². The van der Waals surface area contributed by atoms with Gasteiger partial charge < -0.3 is 9.84 Å². The number of hydrogen-bond donors (Lipinski definition) is 1. The Balaban J connectivity index is 1.72. The van der Waals surface area contributed by atoms with Crippen LogP contribution in [0.15, 0.2) is 34.9 Å². The summed E-state index contributed by atoms with van der Waals surface area (Å²) < 4.78 is 6.84. The van der Waals surface area contributed by atoms with Gasteiger partial charge in [-0.2, -0.15) is 0 Å². The predicted molar refractivity (Wildman–Crippen MR) is 112 cm³/mol. The van der Waals surface area contributed by atoms with Crippen LogP contribution in [0.2, 0.25) is 0 Å². The van der Waals surface area contributed by atoms with Crippen molar-refractivity contribution in [3.05, 3.63) is 34.9 Å². The van der Waals surface area contributed by atoms with Gasteiger partial charge >= 0.3 is 0 Å². The van der Waals surface area contributed by atoms with Crippen LogP contribution in [-0.4, -0.2) is 29.2 Å². The summed E-state index contributed by atoms with van der Waals surface area (Å²) in [5.41, 5.74) is 3.55. The zero-order valence-corrected chi connectivity index (χ0v) is 18.1. The SMILES string of the molecule is CC(C)=C[C@H]1C[C@H](C)[C@]2(CC[C@]3(C)C[C@@H]4C(C)=CC(=O)[C@@H]4/C(CO)=C\C[C@H]32)O1. The summed E-state index contributed by atoms with van der Waals surface area (Å²) >= 11 is 0. The van der Waals surface area contributed by atoms with E-state index in [1.807, 2.05) is 6.08 Å². The molecule has 3 nitrogen and oxygen atoms in total. The molecule has 3 aliphatic carbocycles. The Kier molecular flexibility index (Phi) is 4.99. The Morgan fingerprint density at radius 2 is 2.11 bits per heavy atom. The molecule has 4 rings (SSSR count). The van der Waals surface area contributed by atoms with E-state index in [1.54, 1.807) is 0 Å². The molecule has 2 fully saturated rings. The number of aliphatic hydroxyl groups excluding tert-OH is 1. The van der Waals surface area contributed by atoms with Crippen molar-refractivity contribution in [2.24, 2.45) is 29.1 Å². The van der Waals surface area contributed by atoms with E-state index < -0.39 is 0 Å². The molecule has 28 heavy (non-hydrogen) atoms. The average Bonchev–Trinajstić information content (AvgIpc) is 3.14. The number of carbonyl (C=O) groups excluding carboxylic acids is 1. The normalized spacial score (nSPS) is 47.1. The molecule has 0 aromatic rings. The lowest BCUT2D eigenvalue weighted by Crippen LogP contribution is -2.44. The summed E-state index contributed by atoms with van der Waals surface area (Å²) in [6.45, 7) is 11.2. The summed E-state index contributed by atoms with van der Waals surface area (Å²) in [7, 11) is 0. The second-order valence-electron chi connectivity index (χ2n) is 10.5. The number of rotatable bonds is 2. The first-order valence-electron chi connectivity index (χ1n) is 11.0. The highest BCUT2D eigenvalue weighted by Crippen LogP contribution is 2.63. The van der Waals surface area contributed by atoms with Gasteiger partial charge in [0.05, 0.1) is 24.2 Å². The molecule has 1 N–H and O–H groups in total. The molecular formula is C25H36O3. The third-order valence-electron chi connectivity index (χ3n) is 8.38. The molecule has 0 amide bonds. The molecule has 0 radical (unpaired) electrons. The summed E-state index contributed by atoms with van der Waals surface area (Å²) in [6, 6.07) is 0. The summed E-state index contributed by atoms with van der Waals surface area (Å²) in [4.78, 5) is 12.6. The van der Waals surface area contributed by atoms with Gasteiger partial charge in [0.15, 0.2) is 5.78 Å². The lowest BCUT2D eigenvalue weighted by molar-refractivity contribution is -0.118. The Labute approximate surface area is 169 Å². The van der Waals surface area contributed by atoms with Crippen LogP contribution in [0.1, 0.15) is 66.7 Å². The van der Waals surface area contributed by atoms with Crippen molar-refractivity contribution < 1.29 is 14.6 Å². The minimum atomic E-state index is -0.139. The second kappa shape index (κ2) is 6.95. The number of allylic oxidation sites excluding steroid dienone is 4. The van der Waals surface area contributed by atoms with Crippen molar-refractivity contribution in [1.82, 2.24) is 0 Å². The second-order valence-corrected chi connectivity index (χ2v) is 10.5. The van der Waals surface area contributed by atoms with Crippen molar-refractivity contribution in [3.63, 3.8) is 0 Å². The molecule has 0 aromatic heterocycles. The number of aliphatic hydroxyl groups is 1. The molecule has 1 heterocycles. The fraction of sp³-hybridized carbons (Fsp3) is 0.720. The highest BCUT2D eigenvalue weighted by molar-refractivity contribution is 5.97. The smallest absolute Gasteiger partial charge is 0.163 e. The number of ketones is 1. The van der Waals surface area contributed by atoms with E-state index in [-0.39, 0.29) is 41.3 Å². The summed E-state index contributed by atoms with van der Waals surface area (Å²) in [5, 5.41) is 10.0. The first kappa shape index (κ1) is 20.1. The lowest BCUT2D eigenvalue weighted by atomic mass is 9.62. The third kappa shape index (κ3) is 2.97. The Morgan fingerprint density at radius 1 is 1.36 bits per heavy atom. The largest absolute Gasteiger partial charge is 0.392 e. The topological polar surface area (TPSA) is 46.5 Å². The van der Waals surface area contributed by atoms with Crippen molar-refractivity contribution in [2.45, 2.75) is 78.4 Å². The minimum absolute atomic E-state index is 0.0126. The highest BCUT2D eigenvalue weighted by Gasteiger charge is 2.61. The van der Waals surface area contributed by atoms with Crippen LogP contribution < -0.4 is 0 Å². The van der Waals surface area contributed by atoms with Crippen molar-refractivity contribution in [2.75, 3.05) is 6.61 Å². The number of carbonyl (C=O) groups is 1. The van der Waals surface area contributed by atoms with Gasteiger partial charge in [-0.1, -0.05) is 37.1 Å². The van der Waals surface area contributed by atoms with E-state index in [1.165, 1.54) is 11.1 Å². The highest BCUT2D eigenvalue weighted by atomic mass is 16.5.